The minimum atomic E-state index is -3.40. The van der Waals surface area contributed by atoms with Crippen molar-refractivity contribution in [3.8, 4) is 0 Å². The van der Waals surface area contributed by atoms with E-state index in [1.165, 1.54) is 0 Å². The molecule has 35 heavy (non-hydrogen) atoms. The van der Waals surface area contributed by atoms with E-state index in [1.54, 1.807) is 35.2 Å². The van der Waals surface area contributed by atoms with Crippen LogP contribution in [0.25, 0.3) is 0 Å². The molecule has 0 saturated carbocycles. The quantitative estimate of drug-likeness (QED) is 0.322. The maximum Gasteiger partial charge on any atom is 0.328 e. The molecule has 0 fully saturated rings. The molecule has 11 heteroatoms. The molecule has 0 bridgehead atoms. The Hall–Kier alpha value is -2.92. The first-order valence-corrected chi connectivity index (χ1v) is 13.3. The van der Waals surface area contributed by atoms with E-state index in [2.05, 4.69) is 24.1 Å². The van der Waals surface area contributed by atoms with Crippen molar-refractivity contribution < 1.29 is 33.0 Å². The molecule has 0 radical (unpaired) electrons. The van der Waals surface area contributed by atoms with E-state index in [-0.39, 0.29) is 24.4 Å². The monoisotopic (exact) mass is 513 g/mol. The van der Waals surface area contributed by atoms with E-state index < -0.39 is 21.8 Å². The zero-order chi connectivity index (χ0) is 26.9. The van der Waals surface area contributed by atoms with Crippen LogP contribution >= 0.6 is 0 Å². The first kappa shape index (κ1) is 32.1. The van der Waals surface area contributed by atoms with Gasteiger partial charge in [0.15, 0.2) is 9.84 Å². The van der Waals surface area contributed by atoms with Gasteiger partial charge in [-0.1, -0.05) is 32.0 Å². The molecule has 1 rings (SSSR count). The Morgan fingerprint density at radius 2 is 1.43 bits per heavy atom. The van der Waals surface area contributed by atoms with Gasteiger partial charge in [-0.3, -0.25) is 0 Å². The molecule has 0 saturated heterocycles. The number of carbonyl (C=O) groups is 3. The van der Waals surface area contributed by atoms with E-state index in [0.29, 0.717) is 23.6 Å². The molecule has 198 valence electrons. The highest BCUT2D eigenvalue weighted by Gasteiger charge is 2.21. The summed E-state index contributed by atoms with van der Waals surface area (Å²) in [5, 5.41) is 18.6. The van der Waals surface area contributed by atoms with Gasteiger partial charge in [-0.05, 0) is 51.9 Å². The minimum Gasteiger partial charge on any atom is -0.478 e. The van der Waals surface area contributed by atoms with Gasteiger partial charge in [0.25, 0.3) is 0 Å². The number of hydrogen-bond acceptors (Lipinski definition) is 6. The number of sulfone groups is 1. The lowest BCUT2D eigenvalue weighted by atomic mass is 10.3. The molecule has 0 unspecified atom stereocenters. The molecule has 0 aromatic heterocycles. The fourth-order valence-electron chi connectivity index (χ4n) is 3.09. The standard InChI is InChI=1S/C20H35N3O3S.C4H4O4/c1-5-13-22(14-6-2)15-12-21-20(24)23(18(3)4)16-17-27(25,26)19-10-8-7-9-11-19;5-3(6)1-2-4(7)8/h7-11,18H,5-6,12-17H2,1-4H3,(H,21,24);1-2H,(H,5,6)(H,7,8)/b;2-1-. The van der Waals surface area contributed by atoms with E-state index in [4.69, 9.17) is 10.2 Å². The highest BCUT2D eigenvalue weighted by molar-refractivity contribution is 7.91. The predicted octanol–water partition coefficient (Wildman–Crippen LogP) is 2.71. The van der Waals surface area contributed by atoms with Gasteiger partial charge < -0.3 is 25.3 Å². The van der Waals surface area contributed by atoms with Crippen molar-refractivity contribution in [1.82, 2.24) is 15.1 Å². The molecule has 2 amide bonds. The molecule has 0 aliphatic carbocycles. The zero-order valence-corrected chi connectivity index (χ0v) is 21.8. The lowest BCUT2D eigenvalue weighted by Crippen LogP contribution is -2.47. The Bertz CT molecular complexity index is 881. The van der Waals surface area contributed by atoms with E-state index >= 15 is 0 Å². The lowest BCUT2D eigenvalue weighted by Gasteiger charge is -2.28. The SMILES string of the molecule is CCCN(CCC)CCNC(=O)N(CCS(=O)(=O)c1ccccc1)C(C)C.O=C(O)/C=C\C(=O)O. The summed E-state index contributed by atoms with van der Waals surface area (Å²) in [4.78, 5) is 35.9. The average Bonchev–Trinajstić information content (AvgIpc) is 2.79. The predicted molar refractivity (Wildman–Crippen MR) is 135 cm³/mol. The van der Waals surface area contributed by atoms with E-state index in [9.17, 15) is 22.8 Å². The normalized spacial score (nSPS) is 11.3. The van der Waals surface area contributed by atoms with Crippen LogP contribution in [0.2, 0.25) is 0 Å². The number of nitrogens with zero attached hydrogens (tertiary/aromatic N) is 2. The van der Waals surface area contributed by atoms with Crippen molar-refractivity contribution in [3.05, 3.63) is 42.5 Å². The molecule has 0 spiro atoms. The second kappa shape index (κ2) is 17.5. The van der Waals surface area contributed by atoms with Gasteiger partial charge in [-0.25, -0.2) is 22.8 Å². The van der Waals surface area contributed by atoms with Gasteiger partial charge in [0.2, 0.25) is 0 Å². The number of carbonyl (C=O) groups excluding carboxylic acids is 1. The average molecular weight is 514 g/mol. The molecule has 1 aromatic carbocycles. The zero-order valence-electron chi connectivity index (χ0n) is 21.0. The van der Waals surface area contributed by atoms with Gasteiger partial charge in [-0.15, -0.1) is 0 Å². The second-order valence-corrected chi connectivity index (χ2v) is 10.1. The Morgan fingerprint density at radius 1 is 0.914 bits per heavy atom. The fourth-order valence-corrected chi connectivity index (χ4v) is 4.34. The van der Waals surface area contributed by atoms with Crippen LogP contribution in [0.4, 0.5) is 4.79 Å². The van der Waals surface area contributed by atoms with Crippen LogP contribution < -0.4 is 5.32 Å². The molecule has 1 aromatic rings. The molecule has 10 nitrogen and oxygen atoms in total. The smallest absolute Gasteiger partial charge is 0.328 e. The number of amides is 2. The Kier molecular flexibility index (Phi) is 16.0. The maximum atomic E-state index is 12.5. The second-order valence-electron chi connectivity index (χ2n) is 8.00. The summed E-state index contributed by atoms with van der Waals surface area (Å²) in [6.07, 6.45) is 3.29. The molecule has 0 atom stereocenters. The summed E-state index contributed by atoms with van der Waals surface area (Å²) in [6, 6.07) is 8.10. The van der Waals surface area contributed by atoms with Crippen LogP contribution in [0.15, 0.2) is 47.4 Å². The number of benzene rings is 1. The number of hydrogen-bond donors (Lipinski definition) is 3. The van der Waals surface area contributed by atoms with Crippen LogP contribution in [-0.4, -0.2) is 90.9 Å². The third kappa shape index (κ3) is 14.8. The number of carboxylic acids is 2. The van der Waals surface area contributed by atoms with Crippen molar-refractivity contribution in [3.63, 3.8) is 0 Å². The van der Waals surface area contributed by atoms with Crippen LogP contribution in [0.3, 0.4) is 0 Å². The van der Waals surface area contributed by atoms with Gasteiger partial charge in [0.1, 0.15) is 0 Å². The van der Waals surface area contributed by atoms with Gasteiger partial charge in [0.05, 0.1) is 10.6 Å². The van der Waals surface area contributed by atoms with E-state index in [0.717, 1.165) is 32.5 Å². The number of nitrogens with one attached hydrogen (secondary N) is 1. The Labute approximate surface area is 208 Å². The number of urea groups is 1. The Morgan fingerprint density at radius 3 is 1.86 bits per heavy atom. The number of aliphatic carboxylic acids is 2. The molecule has 0 heterocycles. The highest BCUT2D eigenvalue weighted by Crippen LogP contribution is 2.11. The van der Waals surface area contributed by atoms with Crippen molar-refractivity contribution in [2.75, 3.05) is 38.5 Å². The lowest BCUT2D eigenvalue weighted by molar-refractivity contribution is -0.134. The van der Waals surface area contributed by atoms with Crippen molar-refractivity contribution >= 4 is 27.8 Å². The topological polar surface area (TPSA) is 144 Å². The van der Waals surface area contributed by atoms with Crippen molar-refractivity contribution in [2.45, 2.75) is 51.5 Å². The molecule has 0 aliphatic heterocycles. The maximum absolute atomic E-state index is 12.5. The van der Waals surface area contributed by atoms with Crippen LogP contribution in [0, 0.1) is 0 Å². The number of rotatable bonds is 14. The van der Waals surface area contributed by atoms with Crippen LogP contribution in [0.1, 0.15) is 40.5 Å². The first-order chi connectivity index (χ1) is 16.4. The molecule has 3 N–H and O–H groups in total. The summed E-state index contributed by atoms with van der Waals surface area (Å²) in [7, 11) is -3.40. The van der Waals surface area contributed by atoms with Crippen LogP contribution in [0.5, 0.6) is 0 Å². The summed E-state index contributed by atoms with van der Waals surface area (Å²) >= 11 is 0. The highest BCUT2D eigenvalue weighted by atomic mass is 32.2. The van der Waals surface area contributed by atoms with Gasteiger partial charge in [-0.2, -0.15) is 0 Å². The number of carboxylic acid groups (broad SMARTS) is 2. The summed E-state index contributed by atoms with van der Waals surface area (Å²) in [6.45, 7) is 11.7. The van der Waals surface area contributed by atoms with Gasteiger partial charge in [0, 0.05) is 37.8 Å². The first-order valence-electron chi connectivity index (χ1n) is 11.6. The summed E-state index contributed by atoms with van der Waals surface area (Å²) in [5.74, 6) is -2.60. The van der Waals surface area contributed by atoms with Gasteiger partial charge >= 0.3 is 18.0 Å². The minimum absolute atomic E-state index is 0.0710. The largest absolute Gasteiger partial charge is 0.478 e. The third-order valence-electron chi connectivity index (χ3n) is 4.74. The summed E-state index contributed by atoms with van der Waals surface area (Å²) < 4.78 is 24.9. The van der Waals surface area contributed by atoms with E-state index in [1.807, 2.05) is 13.8 Å². The summed E-state index contributed by atoms with van der Waals surface area (Å²) in [5.41, 5.74) is 0. The van der Waals surface area contributed by atoms with Crippen LogP contribution in [-0.2, 0) is 19.4 Å². The van der Waals surface area contributed by atoms with Crippen molar-refractivity contribution in [2.24, 2.45) is 0 Å². The third-order valence-corrected chi connectivity index (χ3v) is 6.45. The molecule has 0 aliphatic rings. The molecular weight excluding hydrogens is 474 g/mol. The van der Waals surface area contributed by atoms with Crippen molar-refractivity contribution in [1.29, 1.82) is 0 Å². The fraction of sp³-hybridized carbons (Fsp3) is 0.542. The Balaban J connectivity index is 0.00000124. The molecular formula is C24H39N3O7S.